The lowest BCUT2D eigenvalue weighted by molar-refractivity contribution is -0.137. The fourth-order valence-electron chi connectivity index (χ4n) is 3.87. The Kier molecular flexibility index (Phi) is 7.94. The fraction of sp³-hybridized carbons (Fsp3) is 0.500. The van der Waals surface area contributed by atoms with Crippen molar-refractivity contribution in [1.82, 2.24) is 4.90 Å². The van der Waals surface area contributed by atoms with Crippen molar-refractivity contribution >= 4 is 60.1 Å². The molecule has 7 nitrogen and oxygen atoms in total. The zero-order chi connectivity index (χ0) is 22.5. The minimum Gasteiger partial charge on any atom is -0.481 e. The number of amides is 2. The fourth-order valence-corrected chi connectivity index (χ4v) is 5.68. The van der Waals surface area contributed by atoms with Gasteiger partial charge in [0.25, 0.3) is 5.91 Å². The van der Waals surface area contributed by atoms with Crippen LogP contribution in [0.25, 0.3) is 10.1 Å². The number of esters is 1. The molecule has 2 heterocycles. The van der Waals surface area contributed by atoms with E-state index in [0.717, 1.165) is 32.2 Å². The Balaban J connectivity index is 1.93. The molecule has 0 saturated carbocycles. The monoisotopic (exact) mass is 510 g/mol. The third-order valence-electron chi connectivity index (χ3n) is 5.29. The molecule has 2 aromatic rings. The van der Waals surface area contributed by atoms with Gasteiger partial charge in [-0.1, -0.05) is 13.0 Å². The van der Waals surface area contributed by atoms with Gasteiger partial charge in [-0.05, 0) is 54.6 Å². The van der Waals surface area contributed by atoms with Crippen LogP contribution in [0.1, 0.15) is 56.8 Å². The number of likely N-dealkylation sites (tertiary alicyclic amines) is 1. The Bertz CT molecular complexity index is 990. The summed E-state index contributed by atoms with van der Waals surface area (Å²) >= 11 is 4.72. The first-order valence-electron chi connectivity index (χ1n) is 10.5. The minimum absolute atomic E-state index is 0.0419. The Hall–Kier alpha value is -2.13. The number of halogens is 1. The van der Waals surface area contributed by atoms with Crippen LogP contribution in [0.2, 0.25) is 0 Å². The number of hydrogen-bond acceptors (Lipinski definition) is 6. The highest BCUT2D eigenvalue weighted by Crippen LogP contribution is 2.44. The van der Waals surface area contributed by atoms with Gasteiger partial charge in [0, 0.05) is 24.9 Å². The van der Waals surface area contributed by atoms with Gasteiger partial charge in [-0.25, -0.2) is 4.79 Å². The van der Waals surface area contributed by atoms with E-state index in [9.17, 15) is 14.4 Å². The topological polar surface area (TPSA) is 84.9 Å². The van der Waals surface area contributed by atoms with Gasteiger partial charge in [0.05, 0.1) is 15.8 Å². The first-order chi connectivity index (χ1) is 14.9. The number of fused-ring (bicyclic) bond motifs is 1. The van der Waals surface area contributed by atoms with Gasteiger partial charge in [-0.15, -0.1) is 11.3 Å². The van der Waals surface area contributed by atoms with E-state index in [0.29, 0.717) is 30.9 Å². The highest BCUT2D eigenvalue weighted by molar-refractivity contribution is 9.10. The number of thiophene rings is 1. The highest BCUT2D eigenvalue weighted by atomic mass is 79.9. The Morgan fingerprint density at radius 3 is 2.71 bits per heavy atom. The molecule has 9 heteroatoms. The predicted molar refractivity (Wildman–Crippen MR) is 125 cm³/mol. The van der Waals surface area contributed by atoms with E-state index in [-0.39, 0.29) is 31.1 Å². The quantitative estimate of drug-likeness (QED) is 0.531. The summed E-state index contributed by atoms with van der Waals surface area (Å²) in [5.74, 6) is -0.367. The van der Waals surface area contributed by atoms with Crippen LogP contribution in [-0.4, -0.2) is 48.5 Å². The molecule has 0 radical (unpaired) electrons. The number of carbonyl (C=O) groups excluding carboxylic acids is 3. The number of benzene rings is 1. The largest absolute Gasteiger partial charge is 0.481 e. The average Bonchev–Trinajstić information content (AvgIpc) is 3.10. The molecule has 2 amide bonds. The van der Waals surface area contributed by atoms with Crippen molar-refractivity contribution in [1.29, 1.82) is 0 Å². The average molecular weight is 511 g/mol. The van der Waals surface area contributed by atoms with Crippen molar-refractivity contribution in [3.8, 4) is 5.75 Å². The number of nitrogens with one attached hydrogen (secondary N) is 1. The molecule has 0 bridgehead atoms. The van der Waals surface area contributed by atoms with Crippen LogP contribution in [0.15, 0.2) is 16.6 Å². The summed E-state index contributed by atoms with van der Waals surface area (Å²) in [6.07, 6.45) is 4.11. The Morgan fingerprint density at radius 2 is 2.03 bits per heavy atom. The van der Waals surface area contributed by atoms with Crippen LogP contribution < -0.4 is 10.1 Å². The van der Waals surface area contributed by atoms with Gasteiger partial charge in [-0.2, -0.15) is 0 Å². The second-order valence-electron chi connectivity index (χ2n) is 7.39. The third kappa shape index (κ3) is 5.20. The summed E-state index contributed by atoms with van der Waals surface area (Å²) in [5.41, 5.74) is 0.294. The molecule has 1 aliphatic heterocycles. The third-order valence-corrected chi connectivity index (χ3v) is 7.04. The molecule has 3 rings (SSSR count). The first kappa shape index (κ1) is 23.5. The molecule has 1 aromatic carbocycles. The second kappa shape index (κ2) is 10.5. The maximum absolute atomic E-state index is 12.9. The van der Waals surface area contributed by atoms with Crippen molar-refractivity contribution in [2.75, 3.05) is 25.1 Å². The molecule has 1 unspecified atom stereocenters. The molecular formula is C22H27BrN2O5S. The molecule has 1 atom stereocenters. The van der Waals surface area contributed by atoms with E-state index in [1.54, 1.807) is 19.1 Å². The number of nitrogens with zero attached hydrogens (tertiary/aromatic N) is 1. The zero-order valence-corrected chi connectivity index (χ0v) is 20.4. The SMILES string of the molecule is CCOC(=O)c1c(NC(C)=O)sc2c(OCC(=O)N3CCCCC3CC)c(Br)ccc12. The van der Waals surface area contributed by atoms with Crippen LogP contribution in [0.5, 0.6) is 5.75 Å². The maximum Gasteiger partial charge on any atom is 0.341 e. The van der Waals surface area contributed by atoms with E-state index in [4.69, 9.17) is 9.47 Å². The summed E-state index contributed by atoms with van der Waals surface area (Å²) in [4.78, 5) is 39.0. The molecule has 0 aliphatic carbocycles. The summed E-state index contributed by atoms with van der Waals surface area (Å²) in [6.45, 7) is 6.10. The predicted octanol–water partition coefficient (Wildman–Crippen LogP) is 4.97. The summed E-state index contributed by atoms with van der Waals surface area (Å²) < 4.78 is 12.5. The number of piperidine rings is 1. The molecular weight excluding hydrogens is 484 g/mol. The van der Waals surface area contributed by atoms with Crippen LogP contribution in [0, 0.1) is 0 Å². The molecule has 168 valence electrons. The maximum atomic E-state index is 12.9. The molecule has 1 aromatic heterocycles. The number of carbonyl (C=O) groups is 3. The molecule has 1 fully saturated rings. The minimum atomic E-state index is -0.513. The lowest BCUT2D eigenvalue weighted by Gasteiger charge is -2.35. The number of anilines is 1. The van der Waals surface area contributed by atoms with E-state index in [1.165, 1.54) is 18.3 Å². The van der Waals surface area contributed by atoms with Crippen molar-refractivity contribution in [3.63, 3.8) is 0 Å². The highest BCUT2D eigenvalue weighted by Gasteiger charge is 2.27. The summed E-state index contributed by atoms with van der Waals surface area (Å²) in [6, 6.07) is 3.80. The lowest BCUT2D eigenvalue weighted by atomic mass is 10.00. The van der Waals surface area contributed by atoms with Crippen molar-refractivity contribution in [2.24, 2.45) is 0 Å². The zero-order valence-electron chi connectivity index (χ0n) is 18.0. The standard InChI is InChI=1S/C22H27BrN2O5S/c1-4-14-8-6-7-11-25(14)17(27)12-30-19-16(23)10-9-15-18(22(28)29-5-2)21(24-13(3)26)31-20(15)19/h9-10,14H,4-8,11-12H2,1-3H3,(H,24,26). The van der Waals surface area contributed by atoms with Crippen LogP contribution in [0.3, 0.4) is 0 Å². The van der Waals surface area contributed by atoms with E-state index in [1.807, 2.05) is 4.90 Å². The smallest absolute Gasteiger partial charge is 0.341 e. The number of rotatable bonds is 7. The molecule has 0 spiro atoms. The molecule has 31 heavy (non-hydrogen) atoms. The van der Waals surface area contributed by atoms with Gasteiger partial charge in [0.2, 0.25) is 5.91 Å². The number of hydrogen-bond donors (Lipinski definition) is 1. The normalized spacial score (nSPS) is 16.3. The van der Waals surface area contributed by atoms with Crippen molar-refractivity contribution in [2.45, 2.75) is 52.5 Å². The van der Waals surface area contributed by atoms with E-state index in [2.05, 4.69) is 28.2 Å². The lowest BCUT2D eigenvalue weighted by Crippen LogP contribution is -2.45. The summed E-state index contributed by atoms with van der Waals surface area (Å²) in [7, 11) is 0. The molecule has 1 aliphatic rings. The Labute approximate surface area is 194 Å². The van der Waals surface area contributed by atoms with Gasteiger partial charge in [0.1, 0.15) is 10.6 Å². The van der Waals surface area contributed by atoms with E-state index < -0.39 is 5.97 Å². The first-order valence-corrected chi connectivity index (χ1v) is 12.1. The van der Waals surface area contributed by atoms with Crippen molar-refractivity contribution in [3.05, 3.63) is 22.2 Å². The Morgan fingerprint density at radius 1 is 1.26 bits per heavy atom. The van der Waals surface area contributed by atoms with Crippen LogP contribution in [-0.2, 0) is 14.3 Å². The molecule has 1 N–H and O–H groups in total. The van der Waals surface area contributed by atoms with Crippen LogP contribution in [0.4, 0.5) is 5.00 Å². The van der Waals surface area contributed by atoms with Gasteiger partial charge >= 0.3 is 5.97 Å². The number of ether oxygens (including phenoxy) is 2. The van der Waals surface area contributed by atoms with Crippen LogP contribution >= 0.6 is 27.3 Å². The summed E-state index contributed by atoms with van der Waals surface area (Å²) in [5, 5.41) is 3.73. The molecule has 1 saturated heterocycles. The van der Waals surface area contributed by atoms with Gasteiger partial charge in [0.15, 0.2) is 12.4 Å². The van der Waals surface area contributed by atoms with Gasteiger partial charge < -0.3 is 19.7 Å². The van der Waals surface area contributed by atoms with E-state index >= 15 is 0 Å². The van der Waals surface area contributed by atoms with Gasteiger partial charge in [-0.3, -0.25) is 9.59 Å². The van der Waals surface area contributed by atoms with Crippen molar-refractivity contribution < 1.29 is 23.9 Å². The second-order valence-corrected chi connectivity index (χ2v) is 9.27.